The van der Waals surface area contributed by atoms with Gasteiger partial charge in [-0.15, -0.1) is 6.42 Å². The van der Waals surface area contributed by atoms with Gasteiger partial charge >= 0.3 is 0 Å². The molecule has 0 aromatic carbocycles. The summed E-state index contributed by atoms with van der Waals surface area (Å²) in [5.74, 6) is 0.525. The zero-order chi connectivity index (χ0) is 5.70. The molecular formula is C6H11OW-. The molecule has 0 fully saturated rings. The summed E-state index contributed by atoms with van der Waals surface area (Å²) in [5.41, 5.74) is 0. The first-order valence-corrected chi connectivity index (χ1v) is 2.66. The Kier molecular flexibility index (Phi) is 10.3. The van der Waals surface area contributed by atoms with Crippen molar-refractivity contribution in [2.75, 3.05) is 0 Å². The number of hydrogen-bond acceptors (Lipinski definition) is 1. The van der Waals surface area contributed by atoms with E-state index in [-0.39, 0.29) is 21.1 Å². The molecule has 0 heterocycles. The number of rotatable bonds is 3. The van der Waals surface area contributed by atoms with E-state index in [0.29, 0.717) is 12.3 Å². The molecule has 1 nitrogen and oxygen atoms in total. The normalized spacial score (nSPS) is 11.8. The van der Waals surface area contributed by atoms with Gasteiger partial charge in [0, 0.05) is 21.1 Å². The van der Waals surface area contributed by atoms with Crippen molar-refractivity contribution in [3.8, 4) is 0 Å². The second-order valence-electron chi connectivity index (χ2n) is 1.86. The minimum atomic E-state index is 0. The van der Waals surface area contributed by atoms with E-state index in [2.05, 4.69) is 6.92 Å². The molecule has 2 heteroatoms. The van der Waals surface area contributed by atoms with E-state index in [9.17, 15) is 4.79 Å². The smallest absolute Gasteiger partial charge is 0 e. The summed E-state index contributed by atoms with van der Waals surface area (Å²) in [6, 6.07) is 0. The first kappa shape index (κ1) is 11.2. The van der Waals surface area contributed by atoms with Crippen molar-refractivity contribution in [3.05, 3.63) is 0 Å². The second kappa shape index (κ2) is 7.36. The van der Waals surface area contributed by atoms with Crippen LogP contribution in [0.1, 0.15) is 26.7 Å². The third kappa shape index (κ3) is 6.36. The molecule has 0 rings (SSSR count). The standard InChI is InChI=1S/C6H11O.W/c1-3-6(2)4-5-7;/h6H,3-4H2,1-2H3;/q-1;. The van der Waals surface area contributed by atoms with Gasteiger partial charge in [-0.25, -0.2) is 0 Å². The van der Waals surface area contributed by atoms with Crippen LogP contribution < -0.4 is 0 Å². The number of hydrogen-bond donors (Lipinski definition) is 0. The van der Waals surface area contributed by atoms with Crippen LogP contribution >= 0.6 is 0 Å². The Morgan fingerprint density at radius 2 is 2.12 bits per heavy atom. The van der Waals surface area contributed by atoms with Crippen molar-refractivity contribution in [1.29, 1.82) is 0 Å². The Labute approximate surface area is 65.1 Å². The van der Waals surface area contributed by atoms with Gasteiger partial charge in [0.1, 0.15) is 0 Å². The fraction of sp³-hybridized carbons (Fsp3) is 0.833. The molecule has 1 unspecified atom stereocenters. The maximum Gasteiger partial charge on any atom is 0 e. The van der Waals surface area contributed by atoms with E-state index >= 15 is 0 Å². The summed E-state index contributed by atoms with van der Waals surface area (Å²) in [6.07, 6.45) is 3.54. The Hall–Kier alpha value is 0.358. The molecule has 0 spiro atoms. The molecule has 0 aromatic heterocycles. The summed E-state index contributed by atoms with van der Waals surface area (Å²) in [4.78, 5) is 9.65. The van der Waals surface area contributed by atoms with Gasteiger partial charge in [0.15, 0.2) is 0 Å². The van der Waals surface area contributed by atoms with Gasteiger partial charge in [-0.1, -0.05) is 26.2 Å². The zero-order valence-corrected chi connectivity index (χ0v) is 8.24. The van der Waals surface area contributed by atoms with Crippen LogP contribution in [0.2, 0.25) is 0 Å². The molecular weight excluding hydrogens is 272 g/mol. The molecule has 8 heavy (non-hydrogen) atoms. The minimum absolute atomic E-state index is 0. The molecule has 0 aliphatic rings. The third-order valence-electron chi connectivity index (χ3n) is 1.13. The van der Waals surface area contributed by atoms with Gasteiger partial charge in [0.05, 0.1) is 0 Å². The van der Waals surface area contributed by atoms with E-state index < -0.39 is 0 Å². The second-order valence-corrected chi connectivity index (χ2v) is 1.86. The Morgan fingerprint density at radius 3 is 2.25 bits per heavy atom. The SMILES string of the molecule is CCC(C)C[C-]=O.[W]. The molecule has 0 bridgehead atoms. The van der Waals surface area contributed by atoms with Crippen LogP contribution in [0.3, 0.4) is 0 Å². The third-order valence-corrected chi connectivity index (χ3v) is 1.13. The quantitative estimate of drug-likeness (QED) is 0.718. The summed E-state index contributed by atoms with van der Waals surface area (Å²) in [7, 11) is 0. The van der Waals surface area contributed by atoms with E-state index in [1.54, 1.807) is 0 Å². The van der Waals surface area contributed by atoms with Gasteiger partial charge in [-0.05, 0) is 0 Å². The molecule has 0 N–H and O–H groups in total. The van der Waals surface area contributed by atoms with Gasteiger partial charge < -0.3 is 4.79 Å². The van der Waals surface area contributed by atoms with Crippen molar-refractivity contribution in [1.82, 2.24) is 0 Å². The topological polar surface area (TPSA) is 17.1 Å². The maximum absolute atomic E-state index is 9.65. The van der Waals surface area contributed by atoms with Crippen LogP contribution in [0, 0.1) is 5.92 Å². The first-order valence-electron chi connectivity index (χ1n) is 2.66. The molecule has 0 radical (unpaired) electrons. The average Bonchev–Trinajstić information content (AvgIpc) is 1.68. The summed E-state index contributed by atoms with van der Waals surface area (Å²) < 4.78 is 0. The van der Waals surface area contributed by atoms with Gasteiger partial charge in [0.2, 0.25) is 0 Å². The minimum Gasteiger partial charge on any atom is -0.542 e. The Bertz CT molecular complexity index is 54.5. The van der Waals surface area contributed by atoms with E-state index in [1.165, 1.54) is 0 Å². The fourth-order valence-electron chi connectivity index (χ4n) is 0.287. The van der Waals surface area contributed by atoms with Crippen LogP contribution in [0.4, 0.5) is 0 Å². The van der Waals surface area contributed by atoms with E-state index in [1.807, 2.05) is 13.2 Å². The van der Waals surface area contributed by atoms with Gasteiger partial charge in [-0.3, -0.25) is 6.29 Å². The predicted molar refractivity (Wildman–Crippen MR) is 29.8 cm³/mol. The summed E-state index contributed by atoms with van der Waals surface area (Å²) in [5, 5.41) is 0. The average molecular weight is 283 g/mol. The molecule has 1 atom stereocenters. The molecule has 0 amide bonds. The van der Waals surface area contributed by atoms with Gasteiger partial charge in [0.25, 0.3) is 0 Å². The Balaban J connectivity index is 0. The van der Waals surface area contributed by atoms with E-state index in [4.69, 9.17) is 0 Å². The molecule has 0 saturated carbocycles. The monoisotopic (exact) mass is 283 g/mol. The maximum atomic E-state index is 9.65. The molecule has 0 aliphatic carbocycles. The van der Waals surface area contributed by atoms with E-state index in [0.717, 1.165) is 6.42 Å². The molecule has 48 valence electrons. The zero-order valence-electron chi connectivity index (χ0n) is 5.31. The largest absolute Gasteiger partial charge is 0.542 e. The van der Waals surface area contributed by atoms with Crippen molar-refractivity contribution in [3.63, 3.8) is 0 Å². The molecule has 0 saturated heterocycles. The Morgan fingerprint density at radius 1 is 1.62 bits per heavy atom. The summed E-state index contributed by atoms with van der Waals surface area (Å²) >= 11 is 0. The first-order chi connectivity index (χ1) is 3.31. The molecule has 0 aliphatic heterocycles. The van der Waals surface area contributed by atoms with Crippen molar-refractivity contribution in [2.45, 2.75) is 26.7 Å². The van der Waals surface area contributed by atoms with Gasteiger partial charge in [-0.2, -0.15) is 0 Å². The van der Waals surface area contributed by atoms with Crippen molar-refractivity contribution < 1.29 is 25.9 Å². The van der Waals surface area contributed by atoms with Crippen LogP contribution in [0.5, 0.6) is 0 Å². The predicted octanol–water partition coefficient (Wildman–Crippen LogP) is 1.53. The van der Waals surface area contributed by atoms with Crippen molar-refractivity contribution in [2.24, 2.45) is 5.92 Å². The van der Waals surface area contributed by atoms with Crippen LogP contribution in [-0.2, 0) is 25.9 Å². The molecule has 0 aromatic rings. The van der Waals surface area contributed by atoms with Crippen molar-refractivity contribution >= 4 is 6.29 Å². The van der Waals surface area contributed by atoms with Crippen LogP contribution in [0.15, 0.2) is 0 Å². The van der Waals surface area contributed by atoms with Crippen LogP contribution in [0.25, 0.3) is 0 Å². The fourth-order valence-corrected chi connectivity index (χ4v) is 0.287. The summed E-state index contributed by atoms with van der Waals surface area (Å²) in [6.45, 7) is 4.12. The van der Waals surface area contributed by atoms with Crippen LogP contribution in [-0.4, -0.2) is 6.29 Å². The number of carbonyl (C=O) groups excluding carboxylic acids is 1.